The van der Waals surface area contributed by atoms with E-state index < -0.39 is 5.91 Å². The van der Waals surface area contributed by atoms with Gasteiger partial charge in [0, 0.05) is 19.3 Å². The summed E-state index contributed by atoms with van der Waals surface area (Å²) in [4.78, 5) is 27.0. The van der Waals surface area contributed by atoms with Crippen LogP contribution in [0.25, 0.3) is 10.9 Å². The third-order valence-electron chi connectivity index (χ3n) is 5.78. The van der Waals surface area contributed by atoms with Crippen molar-refractivity contribution in [1.82, 2.24) is 9.47 Å². The smallest absolute Gasteiger partial charge is 0.254 e. The molecule has 1 amide bonds. The maximum Gasteiger partial charge on any atom is 0.254 e. The molecule has 0 unspecified atom stereocenters. The first-order chi connectivity index (χ1) is 14.5. The van der Waals surface area contributed by atoms with E-state index in [0.29, 0.717) is 17.7 Å². The van der Waals surface area contributed by atoms with E-state index in [9.17, 15) is 9.59 Å². The van der Waals surface area contributed by atoms with E-state index in [1.807, 2.05) is 16.7 Å². The Morgan fingerprint density at radius 2 is 1.67 bits per heavy atom. The third-order valence-corrected chi connectivity index (χ3v) is 5.78. The molecule has 0 saturated carbocycles. The largest absolute Gasteiger partial charge is 0.497 e. The fraction of sp³-hybridized carbons (Fsp3) is 0.333. The molecule has 3 aromatic rings. The number of carbonyl (C=O) groups excluding carboxylic acids is 1. The zero-order chi connectivity index (χ0) is 21.1. The molecule has 0 aliphatic carbocycles. The van der Waals surface area contributed by atoms with Gasteiger partial charge in [-0.1, -0.05) is 30.7 Å². The van der Waals surface area contributed by atoms with Gasteiger partial charge in [0.05, 0.1) is 18.0 Å². The molecule has 2 heterocycles. The SMILES string of the molecule is COc1ccc2c(c1)c(=O)c(C(N)=O)cn2Cc1ccc(CN2CCCCC2)cc1. The Morgan fingerprint density at radius 3 is 2.30 bits per heavy atom. The lowest BCUT2D eigenvalue weighted by atomic mass is 10.1. The maximum atomic E-state index is 12.7. The number of amides is 1. The van der Waals surface area contributed by atoms with E-state index in [2.05, 4.69) is 29.2 Å². The maximum absolute atomic E-state index is 12.7. The number of likely N-dealkylation sites (tertiary alicyclic amines) is 1. The molecule has 1 saturated heterocycles. The van der Waals surface area contributed by atoms with Gasteiger partial charge >= 0.3 is 0 Å². The molecule has 1 fully saturated rings. The van der Waals surface area contributed by atoms with Gasteiger partial charge in [-0.2, -0.15) is 0 Å². The van der Waals surface area contributed by atoms with Crippen LogP contribution >= 0.6 is 0 Å². The van der Waals surface area contributed by atoms with Crippen LogP contribution in [0.2, 0.25) is 0 Å². The summed E-state index contributed by atoms with van der Waals surface area (Å²) in [6, 6.07) is 13.8. The highest BCUT2D eigenvalue weighted by molar-refractivity contribution is 5.96. The highest BCUT2D eigenvalue weighted by Gasteiger charge is 2.15. The second kappa shape index (κ2) is 8.71. The molecule has 0 radical (unpaired) electrons. The van der Waals surface area contributed by atoms with Crippen molar-refractivity contribution in [1.29, 1.82) is 0 Å². The Morgan fingerprint density at radius 1 is 1.00 bits per heavy atom. The van der Waals surface area contributed by atoms with Crippen molar-refractivity contribution in [2.75, 3.05) is 20.2 Å². The highest BCUT2D eigenvalue weighted by Crippen LogP contribution is 2.21. The number of benzene rings is 2. The molecule has 6 nitrogen and oxygen atoms in total. The second-order valence-corrected chi connectivity index (χ2v) is 7.90. The van der Waals surface area contributed by atoms with Crippen LogP contribution in [0.1, 0.15) is 40.7 Å². The van der Waals surface area contributed by atoms with E-state index >= 15 is 0 Å². The standard InChI is InChI=1S/C24H27N3O3/c1-30-19-9-10-22-20(13-19)23(28)21(24(25)29)16-27(22)15-18-7-5-17(6-8-18)14-26-11-3-2-4-12-26/h5-10,13,16H,2-4,11-12,14-15H2,1H3,(H2,25,29). The second-order valence-electron chi connectivity index (χ2n) is 7.90. The number of carbonyl (C=O) groups is 1. The predicted molar refractivity (Wildman–Crippen MR) is 118 cm³/mol. The first-order valence-electron chi connectivity index (χ1n) is 10.4. The van der Waals surface area contributed by atoms with Gasteiger partial charge in [-0.05, 0) is 55.3 Å². The van der Waals surface area contributed by atoms with Crippen LogP contribution in [0.15, 0.2) is 53.5 Å². The summed E-state index contributed by atoms with van der Waals surface area (Å²) in [5.41, 5.74) is 8.20. The minimum absolute atomic E-state index is 0.0162. The van der Waals surface area contributed by atoms with Crippen molar-refractivity contribution < 1.29 is 9.53 Å². The number of primary amides is 1. The van der Waals surface area contributed by atoms with Crippen LogP contribution in [-0.2, 0) is 13.1 Å². The number of aromatic nitrogens is 1. The van der Waals surface area contributed by atoms with Crippen LogP contribution in [0.5, 0.6) is 5.75 Å². The van der Waals surface area contributed by atoms with Crippen LogP contribution in [0.4, 0.5) is 0 Å². The number of piperidine rings is 1. The quantitative estimate of drug-likeness (QED) is 0.683. The van der Waals surface area contributed by atoms with Crippen molar-refractivity contribution in [2.24, 2.45) is 5.73 Å². The summed E-state index contributed by atoms with van der Waals surface area (Å²) in [6.07, 6.45) is 5.46. The molecule has 0 atom stereocenters. The minimum Gasteiger partial charge on any atom is -0.497 e. The number of hydrogen-bond donors (Lipinski definition) is 1. The van der Waals surface area contributed by atoms with Crippen molar-refractivity contribution in [3.8, 4) is 5.75 Å². The summed E-state index contributed by atoms with van der Waals surface area (Å²) in [5.74, 6) is -0.162. The van der Waals surface area contributed by atoms with E-state index in [1.54, 1.807) is 19.4 Å². The number of methoxy groups -OCH3 is 1. The van der Waals surface area contributed by atoms with Crippen LogP contribution < -0.4 is 15.9 Å². The lowest BCUT2D eigenvalue weighted by Crippen LogP contribution is -2.29. The normalized spacial score (nSPS) is 14.7. The van der Waals surface area contributed by atoms with E-state index in [1.165, 1.54) is 37.9 Å². The van der Waals surface area contributed by atoms with Crippen LogP contribution in [-0.4, -0.2) is 35.6 Å². The van der Waals surface area contributed by atoms with Crippen molar-refractivity contribution in [2.45, 2.75) is 32.4 Å². The zero-order valence-corrected chi connectivity index (χ0v) is 17.3. The Bertz CT molecular complexity index is 1110. The number of hydrogen-bond acceptors (Lipinski definition) is 4. The molecular formula is C24H27N3O3. The number of fused-ring (bicyclic) bond motifs is 1. The summed E-state index contributed by atoms with van der Waals surface area (Å²) >= 11 is 0. The molecule has 4 rings (SSSR count). The van der Waals surface area contributed by atoms with Crippen molar-refractivity contribution in [3.05, 3.63) is 75.6 Å². The van der Waals surface area contributed by atoms with E-state index in [4.69, 9.17) is 10.5 Å². The first-order valence-corrected chi connectivity index (χ1v) is 10.4. The number of nitrogens with zero attached hydrogens (tertiary/aromatic N) is 2. The molecule has 1 aliphatic heterocycles. The molecule has 1 aromatic heterocycles. The van der Waals surface area contributed by atoms with Crippen LogP contribution in [0.3, 0.4) is 0 Å². The van der Waals surface area contributed by atoms with E-state index in [0.717, 1.165) is 17.6 Å². The number of ether oxygens (including phenoxy) is 1. The average Bonchev–Trinajstić information content (AvgIpc) is 2.77. The van der Waals surface area contributed by atoms with Gasteiger partial charge < -0.3 is 15.0 Å². The molecule has 156 valence electrons. The Labute approximate surface area is 175 Å². The Balaban J connectivity index is 1.63. The lowest BCUT2D eigenvalue weighted by Gasteiger charge is -2.26. The van der Waals surface area contributed by atoms with Crippen LogP contribution in [0, 0.1) is 0 Å². The molecule has 0 spiro atoms. The molecule has 2 N–H and O–H groups in total. The fourth-order valence-electron chi connectivity index (χ4n) is 4.13. The average molecular weight is 405 g/mol. The van der Waals surface area contributed by atoms with Gasteiger partial charge in [-0.25, -0.2) is 0 Å². The number of nitrogens with two attached hydrogens (primary N) is 1. The fourth-order valence-corrected chi connectivity index (χ4v) is 4.13. The first kappa shape index (κ1) is 20.2. The Kier molecular flexibility index (Phi) is 5.86. The van der Waals surface area contributed by atoms with Gasteiger partial charge in [-0.15, -0.1) is 0 Å². The molecule has 0 bridgehead atoms. The zero-order valence-electron chi connectivity index (χ0n) is 17.3. The van der Waals surface area contributed by atoms with Gasteiger partial charge in [0.15, 0.2) is 0 Å². The summed E-state index contributed by atoms with van der Waals surface area (Å²) < 4.78 is 7.14. The number of rotatable bonds is 6. The van der Waals surface area contributed by atoms with E-state index in [-0.39, 0.29) is 11.0 Å². The molecule has 6 heteroatoms. The Hall–Kier alpha value is -3.12. The molecule has 1 aliphatic rings. The van der Waals surface area contributed by atoms with Gasteiger partial charge in [-0.3, -0.25) is 14.5 Å². The molecule has 2 aromatic carbocycles. The highest BCUT2D eigenvalue weighted by atomic mass is 16.5. The van der Waals surface area contributed by atoms with Gasteiger partial charge in [0.1, 0.15) is 11.3 Å². The molecular weight excluding hydrogens is 378 g/mol. The predicted octanol–water partition coefficient (Wildman–Crippen LogP) is 3.14. The minimum atomic E-state index is -0.727. The van der Waals surface area contributed by atoms with Crippen molar-refractivity contribution >= 4 is 16.8 Å². The molecule has 30 heavy (non-hydrogen) atoms. The summed E-state index contributed by atoms with van der Waals surface area (Å²) in [7, 11) is 1.54. The van der Waals surface area contributed by atoms with Crippen molar-refractivity contribution in [3.63, 3.8) is 0 Å². The summed E-state index contributed by atoms with van der Waals surface area (Å²) in [5, 5.41) is 0.423. The van der Waals surface area contributed by atoms with Gasteiger partial charge in [0.2, 0.25) is 5.43 Å². The monoisotopic (exact) mass is 405 g/mol. The summed E-state index contributed by atoms with van der Waals surface area (Å²) in [6.45, 7) is 3.86. The topological polar surface area (TPSA) is 77.6 Å². The van der Waals surface area contributed by atoms with Gasteiger partial charge in [0.25, 0.3) is 5.91 Å². The third kappa shape index (κ3) is 4.24. The number of pyridine rings is 1. The lowest BCUT2D eigenvalue weighted by molar-refractivity contribution is 0.0998.